The fourth-order valence-electron chi connectivity index (χ4n) is 4.10. The number of nitrogens with zero attached hydrogens (tertiary/aromatic N) is 2. The molecule has 2 aromatic rings. The molecule has 1 fully saturated rings. The van der Waals surface area contributed by atoms with E-state index in [2.05, 4.69) is 41.0 Å². The van der Waals surface area contributed by atoms with Crippen molar-refractivity contribution in [1.29, 1.82) is 0 Å². The second-order valence-electron chi connectivity index (χ2n) is 7.60. The van der Waals surface area contributed by atoms with Crippen molar-refractivity contribution in [3.63, 3.8) is 0 Å². The van der Waals surface area contributed by atoms with Crippen molar-refractivity contribution < 1.29 is 14.6 Å². The molecule has 1 aliphatic heterocycles. The Hall–Kier alpha value is -1.79. The van der Waals surface area contributed by atoms with Gasteiger partial charge in [-0.1, -0.05) is 35.9 Å². The van der Waals surface area contributed by atoms with E-state index in [9.17, 15) is 5.11 Å². The van der Waals surface area contributed by atoms with Crippen LogP contribution in [0, 0.1) is 6.92 Å². The molecule has 0 radical (unpaired) electrons. The molecular weight excluding hydrogens is 388 g/mol. The molecule has 6 heteroatoms. The molecule has 29 heavy (non-hydrogen) atoms. The second-order valence-corrected chi connectivity index (χ2v) is 8.04. The molecular formula is C23H31ClN2O3. The minimum Gasteiger partial charge on any atom is -0.493 e. The molecule has 0 bridgehead atoms. The van der Waals surface area contributed by atoms with Crippen molar-refractivity contribution in [2.24, 2.45) is 0 Å². The van der Waals surface area contributed by atoms with E-state index in [0.29, 0.717) is 16.8 Å². The molecule has 1 saturated heterocycles. The molecule has 0 amide bonds. The van der Waals surface area contributed by atoms with E-state index >= 15 is 0 Å². The molecule has 1 atom stereocenters. The lowest BCUT2D eigenvalue weighted by Gasteiger charge is -2.42. The van der Waals surface area contributed by atoms with E-state index in [0.717, 1.165) is 50.5 Å². The Labute approximate surface area is 178 Å². The summed E-state index contributed by atoms with van der Waals surface area (Å²) in [5, 5.41) is 10.3. The summed E-state index contributed by atoms with van der Waals surface area (Å²) in [5.41, 5.74) is 3.69. The maximum atomic E-state index is 9.62. The maximum Gasteiger partial charge on any atom is 0.165 e. The third-order valence-corrected chi connectivity index (χ3v) is 5.92. The summed E-state index contributed by atoms with van der Waals surface area (Å²) in [7, 11) is 3.28. The molecule has 0 saturated carbocycles. The van der Waals surface area contributed by atoms with Crippen LogP contribution in [0.15, 0.2) is 36.4 Å². The van der Waals surface area contributed by atoms with E-state index in [1.54, 1.807) is 20.3 Å². The number of benzene rings is 2. The normalized spacial score (nSPS) is 18.0. The van der Waals surface area contributed by atoms with Gasteiger partial charge in [0, 0.05) is 62.0 Å². The Morgan fingerprint density at radius 1 is 1.07 bits per heavy atom. The molecule has 1 N–H and O–H groups in total. The molecule has 5 nitrogen and oxygen atoms in total. The highest BCUT2D eigenvalue weighted by Crippen LogP contribution is 2.35. The summed E-state index contributed by atoms with van der Waals surface area (Å²) in [5.74, 6) is 1.39. The lowest BCUT2D eigenvalue weighted by molar-refractivity contribution is 0.0495. The van der Waals surface area contributed by atoms with Crippen molar-refractivity contribution >= 4 is 11.6 Å². The topological polar surface area (TPSA) is 45.2 Å². The highest BCUT2D eigenvalue weighted by atomic mass is 35.5. The Bertz CT molecular complexity index is 815. The molecule has 158 valence electrons. The number of aryl methyl sites for hydroxylation is 1. The maximum absolute atomic E-state index is 9.62. The summed E-state index contributed by atoms with van der Waals surface area (Å²) in [6.07, 6.45) is 0.762. The standard InChI is InChI=1S/C23H31ClN2O3/c1-17-6-4-5-7-18(17)15-26-10-9-25(16-21(26)8-11-27)14-19-12-20(24)13-22(28-2)23(19)29-3/h4-7,12-13,21,27H,8-11,14-16H2,1-3H3/t21-/m0/s1. The van der Waals surface area contributed by atoms with Crippen LogP contribution in [0.4, 0.5) is 0 Å². The first-order valence-corrected chi connectivity index (χ1v) is 10.5. The molecule has 0 aromatic heterocycles. The number of hydrogen-bond donors (Lipinski definition) is 1. The smallest absolute Gasteiger partial charge is 0.165 e. The first kappa shape index (κ1) is 21.9. The van der Waals surface area contributed by atoms with Gasteiger partial charge in [-0.25, -0.2) is 0 Å². The number of piperazine rings is 1. The molecule has 1 heterocycles. The summed E-state index contributed by atoms with van der Waals surface area (Å²) in [4.78, 5) is 4.90. The third-order valence-electron chi connectivity index (χ3n) is 5.70. The Morgan fingerprint density at radius 3 is 2.55 bits per heavy atom. The second kappa shape index (κ2) is 10.3. The number of hydrogen-bond acceptors (Lipinski definition) is 5. The fraction of sp³-hybridized carbons (Fsp3) is 0.478. The van der Waals surface area contributed by atoms with Gasteiger partial charge in [-0.05, 0) is 30.5 Å². The number of aliphatic hydroxyl groups is 1. The Kier molecular flexibility index (Phi) is 7.78. The molecule has 2 aromatic carbocycles. The van der Waals surface area contributed by atoms with Gasteiger partial charge in [0.05, 0.1) is 14.2 Å². The number of aliphatic hydroxyl groups excluding tert-OH is 1. The van der Waals surface area contributed by atoms with Crippen LogP contribution in [0.1, 0.15) is 23.1 Å². The van der Waals surface area contributed by atoms with Gasteiger partial charge in [-0.2, -0.15) is 0 Å². The summed E-state index contributed by atoms with van der Waals surface area (Å²) in [6.45, 7) is 6.80. The van der Waals surface area contributed by atoms with Gasteiger partial charge < -0.3 is 14.6 Å². The lowest BCUT2D eigenvalue weighted by Crippen LogP contribution is -2.52. The molecule has 0 unspecified atom stereocenters. The van der Waals surface area contributed by atoms with Crippen molar-refractivity contribution in [3.05, 3.63) is 58.1 Å². The van der Waals surface area contributed by atoms with E-state index in [-0.39, 0.29) is 6.61 Å². The lowest BCUT2D eigenvalue weighted by atomic mass is 10.0. The SMILES string of the molecule is COc1cc(Cl)cc(CN2CCN(Cc3ccccc3C)[C@@H](CCO)C2)c1OC. The largest absolute Gasteiger partial charge is 0.493 e. The molecule has 3 rings (SSSR count). The summed E-state index contributed by atoms with van der Waals surface area (Å²) in [6, 6.07) is 12.6. The van der Waals surface area contributed by atoms with Gasteiger partial charge >= 0.3 is 0 Å². The van der Waals surface area contributed by atoms with Gasteiger partial charge in [-0.3, -0.25) is 9.80 Å². The van der Waals surface area contributed by atoms with Gasteiger partial charge in [0.15, 0.2) is 11.5 Å². The van der Waals surface area contributed by atoms with Gasteiger partial charge in [0.2, 0.25) is 0 Å². The fourth-order valence-corrected chi connectivity index (χ4v) is 4.33. The van der Waals surface area contributed by atoms with Crippen LogP contribution >= 0.6 is 11.6 Å². The zero-order valence-electron chi connectivity index (χ0n) is 17.5. The quantitative estimate of drug-likeness (QED) is 0.707. The van der Waals surface area contributed by atoms with E-state index in [4.69, 9.17) is 21.1 Å². The average Bonchev–Trinajstić information content (AvgIpc) is 2.71. The van der Waals surface area contributed by atoms with Gasteiger partial charge in [0.25, 0.3) is 0 Å². The third kappa shape index (κ3) is 5.43. The number of halogens is 1. The van der Waals surface area contributed by atoms with Gasteiger partial charge in [0.1, 0.15) is 0 Å². The van der Waals surface area contributed by atoms with E-state index in [1.807, 2.05) is 6.07 Å². The van der Waals surface area contributed by atoms with Crippen LogP contribution in [-0.2, 0) is 13.1 Å². The molecule has 1 aliphatic rings. The summed E-state index contributed by atoms with van der Waals surface area (Å²) >= 11 is 6.29. The number of methoxy groups -OCH3 is 2. The zero-order valence-corrected chi connectivity index (χ0v) is 18.3. The zero-order chi connectivity index (χ0) is 20.8. The van der Waals surface area contributed by atoms with Crippen LogP contribution in [-0.4, -0.2) is 61.4 Å². The predicted octanol–water partition coefficient (Wildman–Crippen LogP) is 3.73. The Balaban J connectivity index is 1.73. The van der Waals surface area contributed by atoms with Crippen molar-refractivity contribution in [2.75, 3.05) is 40.5 Å². The van der Waals surface area contributed by atoms with Gasteiger partial charge in [-0.15, -0.1) is 0 Å². The monoisotopic (exact) mass is 418 g/mol. The van der Waals surface area contributed by atoms with Crippen LogP contribution in [0.2, 0.25) is 5.02 Å². The van der Waals surface area contributed by atoms with Crippen molar-refractivity contribution in [2.45, 2.75) is 32.5 Å². The average molecular weight is 419 g/mol. The van der Waals surface area contributed by atoms with E-state index < -0.39 is 0 Å². The minimum atomic E-state index is 0.192. The van der Waals surface area contributed by atoms with Crippen LogP contribution in [0.25, 0.3) is 0 Å². The number of ether oxygens (including phenoxy) is 2. The van der Waals surface area contributed by atoms with Crippen molar-refractivity contribution in [1.82, 2.24) is 9.80 Å². The highest BCUT2D eigenvalue weighted by molar-refractivity contribution is 6.30. The predicted molar refractivity (Wildman–Crippen MR) is 117 cm³/mol. The Morgan fingerprint density at radius 2 is 1.86 bits per heavy atom. The van der Waals surface area contributed by atoms with Crippen molar-refractivity contribution in [3.8, 4) is 11.5 Å². The first-order chi connectivity index (χ1) is 14.0. The van der Waals surface area contributed by atoms with Crippen LogP contribution < -0.4 is 9.47 Å². The van der Waals surface area contributed by atoms with Crippen LogP contribution in [0.3, 0.4) is 0 Å². The first-order valence-electron chi connectivity index (χ1n) is 10.1. The van der Waals surface area contributed by atoms with Crippen LogP contribution in [0.5, 0.6) is 11.5 Å². The highest BCUT2D eigenvalue weighted by Gasteiger charge is 2.28. The molecule has 0 aliphatic carbocycles. The van der Waals surface area contributed by atoms with E-state index in [1.165, 1.54) is 11.1 Å². The number of rotatable bonds is 8. The molecule has 0 spiro atoms. The summed E-state index contributed by atoms with van der Waals surface area (Å²) < 4.78 is 11.0. The minimum absolute atomic E-state index is 0.192.